The highest BCUT2D eigenvalue weighted by molar-refractivity contribution is 7.91. The maximum atomic E-state index is 13.5. The zero-order chi connectivity index (χ0) is 34.7. The van der Waals surface area contributed by atoms with Crippen LogP contribution in [-0.2, 0) is 9.84 Å². The van der Waals surface area contributed by atoms with Crippen molar-refractivity contribution in [2.24, 2.45) is 10.2 Å². The number of aliphatic hydroxyl groups is 3. The second kappa shape index (κ2) is 17.0. The number of sulfone groups is 1. The van der Waals surface area contributed by atoms with Crippen molar-refractivity contribution in [3.63, 3.8) is 0 Å². The van der Waals surface area contributed by atoms with Crippen molar-refractivity contribution >= 4 is 38.5 Å². The number of nitrogens with zero attached hydrogens (tertiary/aromatic N) is 5. The van der Waals surface area contributed by atoms with Crippen LogP contribution in [0.15, 0.2) is 57.6 Å². The van der Waals surface area contributed by atoms with Gasteiger partial charge in [0.15, 0.2) is 21.5 Å². The van der Waals surface area contributed by atoms with Gasteiger partial charge in [0.2, 0.25) is 0 Å². The first-order valence-electron chi connectivity index (χ1n) is 15.0. The molecule has 47 heavy (non-hydrogen) atoms. The Morgan fingerprint density at radius 2 is 1.60 bits per heavy atom. The first kappa shape index (κ1) is 37.1. The van der Waals surface area contributed by atoms with Crippen LogP contribution in [0.1, 0.15) is 31.9 Å². The van der Waals surface area contributed by atoms with E-state index in [0.29, 0.717) is 5.56 Å². The quantitative estimate of drug-likeness (QED) is 0.129. The summed E-state index contributed by atoms with van der Waals surface area (Å²) in [6.45, 7) is 7.08. The molecule has 0 saturated carbocycles. The van der Waals surface area contributed by atoms with Crippen LogP contribution in [-0.4, -0.2) is 98.1 Å². The van der Waals surface area contributed by atoms with E-state index >= 15 is 0 Å². The minimum atomic E-state index is -3.92. The monoisotopic (exact) mass is 669 g/mol. The maximum absolute atomic E-state index is 13.5. The Morgan fingerprint density at radius 3 is 2.15 bits per heavy atom. The topological polar surface area (TPSA) is 202 Å². The van der Waals surface area contributed by atoms with E-state index in [4.69, 9.17) is 9.47 Å². The van der Waals surface area contributed by atoms with Gasteiger partial charge in [-0.1, -0.05) is 18.2 Å². The van der Waals surface area contributed by atoms with Crippen LogP contribution in [0.3, 0.4) is 0 Å². The van der Waals surface area contributed by atoms with E-state index in [0.717, 1.165) is 5.69 Å². The van der Waals surface area contributed by atoms with E-state index in [-0.39, 0.29) is 76.9 Å². The third-order valence-electron chi connectivity index (χ3n) is 6.91. The molecule has 0 radical (unpaired) electrons. The number of anilines is 3. The molecule has 0 spiro atoms. The Balaban J connectivity index is 2.03. The molecule has 0 amide bonds. The fourth-order valence-electron chi connectivity index (χ4n) is 4.71. The lowest BCUT2D eigenvalue weighted by Gasteiger charge is -2.25. The highest BCUT2D eigenvalue weighted by Gasteiger charge is 2.25. The molecule has 0 fully saturated rings. The van der Waals surface area contributed by atoms with E-state index in [9.17, 15) is 29.0 Å². The molecule has 0 aliphatic carbocycles. The molecule has 0 aliphatic heterocycles. The fourth-order valence-corrected chi connectivity index (χ4v) is 6.17. The standard InChI is InChI=1S/C32H43N7O7S/c1-20(40)17-34-32-30(23(4)25(16-33)31(36-32)35-24-10-8-7-9-11-24)38-37-26-14-28(46-6)29(15-27(26)45-5)47(43,44)13-12-39(18-21(2)41)19-22(3)42/h7-11,14-15,20-22,40-42H,12-13,17-19H2,1-6H3,(H2,34,35,36). The molecule has 5 N–H and O–H groups in total. The number of nitrogens with one attached hydrogen (secondary N) is 2. The predicted molar refractivity (Wildman–Crippen MR) is 179 cm³/mol. The van der Waals surface area contributed by atoms with Crippen LogP contribution >= 0.6 is 0 Å². The number of ether oxygens (including phenoxy) is 2. The van der Waals surface area contributed by atoms with Crippen LogP contribution < -0.4 is 20.1 Å². The van der Waals surface area contributed by atoms with Crippen LogP contribution in [0.2, 0.25) is 0 Å². The zero-order valence-corrected chi connectivity index (χ0v) is 28.2. The van der Waals surface area contributed by atoms with Crippen LogP contribution in [0.5, 0.6) is 11.5 Å². The maximum Gasteiger partial charge on any atom is 0.183 e. The van der Waals surface area contributed by atoms with Gasteiger partial charge in [0.25, 0.3) is 0 Å². The van der Waals surface area contributed by atoms with E-state index in [1.54, 1.807) is 32.6 Å². The van der Waals surface area contributed by atoms with Gasteiger partial charge in [0, 0.05) is 49.6 Å². The van der Waals surface area contributed by atoms with Crippen LogP contribution in [0.4, 0.5) is 28.7 Å². The van der Waals surface area contributed by atoms with Gasteiger partial charge in [-0.25, -0.2) is 13.4 Å². The third-order valence-corrected chi connectivity index (χ3v) is 8.62. The van der Waals surface area contributed by atoms with Gasteiger partial charge in [-0.05, 0) is 39.8 Å². The molecular weight excluding hydrogens is 626 g/mol. The molecule has 1 aromatic heterocycles. The number of pyridine rings is 1. The van der Waals surface area contributed by atoms with Gasteiger partial charge in [0.1, 0.15) is 33.8 Å². The van der Waals surface area contributed by atoms with E-state index in [1.807, 2.05) is 30.3 Å². The average molecular weight is 670 g/mol. The smallest absolute Gasteiger partial charge is 0.183 e. The predicted octanol–water partition coefficient (Wildman–Crippen LogP) is 4.07. The number of nitriles is 1. The molecule has 3 atom stereocenters. The van der Waals surface area contributed by atoms with Gasteiger partial charge in [0.05, 0.1) is 43.8 Å². The summed E-state index contributed by atoms with van der Waals surface area (Å²) in [6.07, 6.45) is -2.14. The number of hydrogen-bond donors (Lipinski definition) is 5. The molecule has 0 aliphatic rings. The minimum absolute atomic E-state index is 0.0137. The summed E-state index contributed by atoms with van der Waals surface area (Å²) in [5.74, 6) is 0.354. The highest BCUT2D eigenvalue weighted by Crippen LogP contribution is 2.40. The zero-order valence-electron chi connectivity index (χ0n) is 27.4. The molecule has 0 saturated heterocycles. The molecule has 3 rings (SSSR count). The molecule has 2 aromatic carbocycles. The summed E-state index contributed by atoms with van der Waals surface area (Å²) in [7, 11) is -1.23. The first-order chi connectivity index (χ1) is 22.3. The number of aromatic nitrogens is 1. The SMILES string of the molecule is COc1cc(S(=O)(=O)CCN(CC(C)O)CC(C)O)c(OC)cc1N=Nc1c(NCC(C)O)nc(Nc2ccccc2)c(C#N)c1C. The Hall–Kier alpha value is -4.33. The molecule has 3 unspecified atom stereocenters. The normalized spacial score (nSPS) is 13.6. The average Bonchev–Trinajstić information content (AvgIpc) is 3.01. The Kier molecular flexibility index (Phi) is 13.4. The molecule has 14 nitrogen and oxygen atoms in total. The molecule has 254 valence electrons. The molecular formula is C32H43N7O7S. The lowest BCUT2D eigenvalue weighted by Crippen LogP contribution is -2.39. The van der Waals surface area contributed by atoms with Gasteiger partial charge in [-0.2, -0.15) is 5.26 Å². The van der Waals surface area contributed by atoms with Gasteiger partial charge < -0.3 is 35.4 Å². The van der Waals surface area contributed by atoms with Gasteiger partial charge in [-0.3, -0.25) is 4.90 Å². The largest absolute Gasteiger partial charge is 0.495 e. The summed E-state index contributed by atoms with van der Waals surface area (Å²) in [4.78, 5) is 6.15. The lowest BCUT2D eigenvalue weighted by molar-refractivity contribution is 0.0873. The number of azo groups is 1. The summed E-state index contributed by atoms with van der Waals surface area (Å²) in [5.41, 5.74) is 1.80. The van der Waals surface area contributed by atoms with E-state index in [2.05, 4.69) is 31.9 Å². The Morgan fingerprint density at radius 1 is 0.957 bits per heavy atom. The van der Waals surface area contributed by atoms with Crippen molar-refractivity contribution in [1.82, 2.24) is 9.88 Å². The van der Waals surface area contributed by atoms with Crippen molar-refractivity contribution < 1.29 is 33.2 Å². The highest BCUT2D eigenvalue weighted by atomic mass is 32.2. The van der Waals surface area contributed by atoms with Crippen molar-refractivity contribution in [2.75, 3.05) is 56.8 Å². The van der Waals surface area contributed by atoms with Gasteiger partial charge in [-0.15, -0.1) is 10.2 Å². The number of benzene rings is 2. The second-order valence-electron chi connectivity index (χ2n) is 11.1. The lowest BCUT2D eigenvalue weighted by atomic mass is 10.1. The number of rotatable bonds is 17. The Labute approximate surface area is 275 Å². The number of hydrogen-bond acceptors (Lipinski definition) is 14. The summed E-state index contributed by atoms with van der Waals surface area (Å²) in [6, 6.07) is 14.1. The van der Waals surface area contributed by atoms with E-state index < -0.39 is 28.1 Å². The second-order valence-corrected chi connectivity index (χ2v) is 13.2. The summed E-state index contributed by atoms with van der Waals surface area (Å²) < 4.78 is 37.9. The van der Waals surface area contributed by atoms with Crippen molar-refractivity contribution in [2.45, 2.75) is 50.9 Å². The van der Waals surface area contributed by atoms with Gasteiger partial charge >= 0.3 is 0 Å². The summed E-state index contributed by atoms with van der Waals surface area (Å²) >= 11 is 0. The Bertz CT molecular complexity index is 1670. The number of para-hydroxylation sites is 1. The van der Waals surface area contributed by atoms with E-state index in [1.165, 1.54) is 26.4 Å². The van der Waals surface area contributed by atoms with Crippen LogP contribution in [0, 0.1) is 18.3 Å². The molecule has 1 heterocycles. The molecule has 3 aromatic rings. The first-order valence-corrected chi connectivity index (χ1v) is 16.6. The number of aliphatic hydroxyl groups excluding tert-OH is 3. The molecule has 15 heteroatoms. The van der Waals surface area contributed by atoms with Crippen molar-refractivity contribution in [3.05, 3.63) is 53.6 Å². The minimum Gasteiger partial charge on any atom is -0.495 e. The molecule has 0 bridgehead atoms. The fraction of sp³-hybridized carbons (Fsp3) is 0.438. The summed E-state index contributed by atoms with van der Waals surface area (Å²) in [5, 5.41) is 54.6. The van der Waals surface area contributed by atoms with Crippen LogP contribution in [0.25, 0.3) is 0 Å². The van der Waals surface area contributed by atoms with Crippen molar-refractivity contribution in [1.29, 1.82) is 5.26 Å². The van der Waals surface area contributed by atoms with Crippen molar-refractivity contribution in [3.8, 4) is 17.6 Å². The third kappa shape index (κ3) is 10.3. The number of methoxy groups -OCH3 is 2.